The maximum Gasteiger partial charge on any atom is 0.304 e. The quantitative estimate of drug-likeness (QED) is 0.886. The number of anilines is 1. The maximum absolute atomic E-state index is 12.8. The van der Waals surface area contributed by atoms with Gasteiger partial charge in [0.1, 0.15) is 5.82 Å². The average Bonchev–Trinajstić information content (AvgIpc) is 2.58. The Morgan fingerprint density at radius 3 is 2.61 bits per heavy atom. The van der Waals surface area contributed by atoms with E-state index < -0.39 is 23.6 Å². The number of amides is 1. The molecule has 1 aromatic rings. The predicted octanol–water partition coefficient (Wildman–Crippen LogP) is 1.64. The molecule has 1 amide bonds. The van der Waals surface area contributed by atoms with Crippen molar-refractivity contribution >= 4 is 23.3 Å². The van der Waals surface area contributed by atoms with Crippen LogP contribution in [0.25, 0.3) is 0 Å². The molecule has 6 heteroatoms. The van der Waals surface area contributed by atoms with E-state index in [9.17, 15) is 14.0 Å². The van der Waals surface area contributed by atoms with Crippen LogP contribution in [0.15, 0.2) is 29.4 Å². The Bertz CT molecular complexity index is 525. The number of carboxylic acid groups (broad SMARTS) is 1. The number of hydrogen-bond donors (Lipinski definition) is 1. The van der Waals surface area contributed by atoms with Gasteiger partial charge in [-0.05, 0) is 31.2 Å². The largest absolute Gasteiger partial charge is 0.481 e. The summed E-state index contributed by atoms with van der Waals surface area (Å²) in [6.45, 7) is 1.61. The number of rotatable bonds is 3. The predicted molar refractivity (Wildman–Crippen MR) is 62.7 cm³/mol. The van der Waals surface area contributed by atoms with E-state index in [2.05, 4.69) is 5.10 Å². The molecule has 94 valence electrons. The molecule has 0 bridgehead atoms. The van der Waals surface area contributed by atoms with Gasteiger partial charge in [-0.1, -0.05) is 0 Å². The minimum absolute atomic E-state index is 0.286. The summed E-state index contributed by atoms with van der Waals surface area (Å²) >= 11 is 0. The molecule has 0 saturated heterocycles. The van der Waals surface area contributed by atoms with Gasteiger partial charge in [0.2, 0.25) is 0 Å². The van der Waals surface area contributed by atoms with Crippen molar-refractivity contribution in [2.24, 2.45) is 11.0 Å². The lowest BCUT2D eigenvalue weighted by Gasteiger charge is -2.13. The van der Waals surface area contributed by atoms with Crippen molar-refractivity contribution in [1.29, 1.82) is 0 Å². The third kappa shape index (κ3) is 2.22. The number of carboxylic acids is 1. The molecule has 1 aliphatic heterocycles. The Morgan fingerprint density at radius 2 is 2.06 bits per heavy atom. The Morgan fingerprint density at radius 1 is 1.44 bits per heavy atom. The second-order valence-corrected chi connectivity index (χ2v) is 4.02. The summed E-state index contributed by atoms with van der Waals surface area (Å²) in [5, 5.41) is 13.9. The van der Waals surface area contributed by atoms with Gasteiger partial charge >= 0.3 is 5.97 Å². The van der Waals surface area contributed by atoms with Gasteiger partial charge in [0.15, 0.2) is 0 Å². The second kappa shape index (κ2) is 4.56. The fourth-order valence-corrected chi connectivity index (χ4v) is 1.78. The molecule has 0 spiro atoms. The molecule has 5 nitrogen and oxygen atoms in total. The molecular formula is C12H11FN2O3. The number of carbonyl (C=O) groups is 2. The van der Waals surface area contributed by atoms with Crippen molar-refractivity contribution < 1.29 is 19.1 Å². The van der Waals surface area contributed by atoms with Gasteiger partial charge in [-0.25, -0.2) is 9.40 Å². The van der Waals surface area contributed by atoms with Gasteiger partial charge in [0.05, 0.1) is 18.0 Å². The van der Waals surface area contributed by atoms with Crippen molar-refractivity contribution in [2.75, 3.05) is 5.01 Å². The van der Waals surface area contributed by atoms with Crippen LogP contribution in [0.2, 0.25) is 0 Å². The molecule has 0 saturated carbocycles. The first-order valence-corrected chi connectivity index (χ1v) is 5.35. The van der Waals surface area contributed by atoms with Crippen LogP contribution >= 0.6 is 0 Å². The molecule has 0 unspecified atom stereocenters. The second-order valence-electron chi connectivity index (χ2n) is 4.02. The summed E-state index contributed by atoms with van der Waals surface area (Å²) in [7, 11) is 0. The van der Waals surface area contributed by atoms with E-state index in [1.807, 2.05) is 0 Å². The van der Waals surface area contributed by atoms with E-state index in [4.69, 9.17) is 5.11 Å². The highest BCUT2D eigenvalue weighted by Gasteiger charge is 2.35. The van der Waals surface area contributed by atoms with Crippen LogP contribution in [0.3, 0.4) is 0 Å². The van der Waals surface area contributed by atoms with E-state index in [0.29, 0.717) is 11.4 Å². The van der Waals surface area contributed by atoms with Crippen molar-refractivity contribution in [1.82, 2.24) is 0 Å². The van der Waals surface area contributed by atoms with Crippen LogP contribution in [0.5, 0.6) is 0 Å². The summed E-state index contributed by atoms with van der Waals surface area (Å²) < 4.78 is 12.8. The topological polar surface area (TPSA) is 70.0 Å². The average molecular weight is 250 g/mol. The third-order valence-electron chi connectivity index (χ3n) is 2.72. The van der Waals surface area contributed by atoms with Crippen molar-refractivity contribution in [3.05, 3.63) is 30.1 Å². The van der Waals surface area contributed by atoms with Crippen LogP contribution in [0, 0.1) is 11.7 Å². The Balaban J connectivity index is 2.25. The number of halogens is 1. The van der Waals surface area contributed by atoms with E-state index in [1.54, 1.807) is 6.92 Å². The fraction of sp³-hybridized carbons (Fsp3) is 0.250. The molecular weight excluding hydrogens is 239 g/mol. The van der Waals surface area contributed by atoms with Crippen molar-refractivity contribution in [3.63, 3.8) is 0 Å². The van der Waals surface area contributed by atoms with Gasteiger partial charge in [0.25, 0.3) is 5.91 Å². The van der Waals surface area contributed by atoms with Gasteiger partial charge in [-0.2, -0.15) is 5.10 Å². The first-order valence-electron chi connectivity index (χ1n) is 5.35. The Hall–Kier alpha value is -2.24. The first kappa shape index (κ1) is 12.2. The number of aliphatic carboxylic acids is 1. The number of hydrogen-bond acceptors (Lipinski definition) is 3. The molecule has 0 aromatic heterocycles. The summed E-state index contributed by atoms with van der Waals surface area (Å²) in [6, 6.07) is 5.29. The van der Waals surface area contributed by atoms with E-state index in [-0.39, 0.29) is 6.42 Å². The zero-order valence-electron chi connectivity index (χ0n) is 9.63. The van der Waals surface area contributed by atoms with Gasteiger partial charge in [0, 0.05) is 5.71 Å². The number of carbonyl (C=O) groups excluding carboxylic acids is 1. The number of nitrogens with zero attached hydrogens (tertiary/aromatic N) is 2. The number of benzene rings is 1. The van der Waals surface area contributed by atoms with Gasteiger partial charge in [-0.3, -0.25) is 9.59 Å². The molecule has 1 N–H and O–H groups in total. The van der Waals surface area contributed by atoms with Crippen molar-refractivity contribution in [3.8, 4) is 0 Å². The molecule has 0 radical (unpaired) electrons. The molecule has 0 fully saturated rings. The van der Waals surface area contributed by atoms with E-state index >= 15 is 0 Å². The minimum atomic E-state index is -1.05. The van der Waals surface area contributed by atoms with Crippen LogP contribution in [-0.2, 0) is 9.59 Å². The smallest absolute Gasteiger partial charge is 0.304 e. The molecule has 1 aromatic carbocycles. The first-order chi connectivity index (χ1) is 8.49. The molecule has 1 aliphatic rings. The number of hydrazone groups is 1. The molecule has 2 rings (SSSR count). The molecule has 18 heavy (non-hydrogen) atoms. The van der Waals surface area contributed by atoms with Crippen LogP contribution in [0.1, 0.15) is 13.3 Å². The highest BCUT2D eigenvalue weighted by molar-refractivity contribution is 6.15. The molecule has 1 heterocycles. The fourth-order valence-electron chi connectivity index (χ4n) is 1.78. The summed E-state index contributed by atoms with van der Waals surface area (Å²) in [4.78, 5) is 22.6. The monoisotopic (exact) mass is 250 g/mol. The molecule has 0 aliphatic carbocycles. The zero-order valence-corrected chi connectivity index (χ0v) is 9.63. The van der Waals surface area contributed by atoms with Crippen LogP contribution in [-0.4, -0.2) is 22.7 Å². The molecule has 1 atom stereocenters. The highest BCUT2D eigenvalue weighted by atomic mass is 19.1. The van der Waals surface area contributed by atoms with E-state index in [1.165, 1.54) is 24.3 Å². The minimum Gasteiger partial charge on any atom is -0.481 e. The van der Waals surface area contributed by atoms with Crippen LogP contribution < -0.4 is 5.01 Å². The van der Waals surface area contributed by atoms with E-state index in [0.717, 1.165) is 5.01 Å². The summed E-state index contributed by atoms with van der Waals surface area (Å²) in [5.74, 6) is -2.61. The lowest BCUT2D eigenvalue weighted by atomic mass is 10.0. The maximum atomic E-state index is 12.8. The van der Waals surface area contributed by atoms with Gasteiger partial charge in [-0.15, -0.1) is 0 Å². The highest BCUT2D eigenvalue weighted by Crippen LogP contribution is 2.25. The normalized spacial score (nSPS) is 19.0. The zero-order chi connectivity index (χ0) is 13.3. The summed E-state index contributed by atoms with van der Waals surface area (Å²) in [6.07, 6.45) is -0.286. The van der Waals surface area contributed by atoms with Crippen molar-refractivity contribution in [2.45, 2.75) is 13.3 Å². The Kier molecular flexibility index (Phi) is 3.10. The standard InChI is InChI=1S/C12H11FN2O3/c1-7-10(6-11(16)17)12(18)15(14-7)9-4-2-8(13)3-5-9/h2-5,10H,6H2,1H3,(H,16,17)/t10-/m1/s1. The van der Waals surface area contributed by atoms with Crippen LogP contribution in [0.4, 0.5) is 10.1 Å². The third-order valence-corrected chi connectivity index (χ3v) is 2.72. The lowest BCUT2D eigenvalue weighted by molar-refractivity contribution is -0.139. The SMILES string of the molecule is CC1=NN(c2ccc(F)cc2)C(=O)[C@@H]1CC(=O)O. The lowest BCUT2D eigenvalue weighted by Crippen LogP contribution is -2.28. The Labute approximate surface area is 103 Å². The van der Waals surface area contributed by atoms with Gasteiger partial charge < -0.3 is 5.11 Å². The summed E-state index contributed by atoms with van der Waals surface area (Å²) in [5.41, 5.74) is 0.875.